The third kappa shape index (κ3) is 2.59. The van der Waals surface area contributed by atoms with Crippen molar-refractivity contribution in [2.75, 3.05) is 6.54 Å². The van der Waals surface area contributed by atoms with E-state index in [0.29, 0.717) is 34.3 Å². The fourth-order valence-corrected chi connectivity index (χ4v) is 5.28. The van der Waals surface area contributed by atoms with Crippen LogP contribution in [0.25, 0.3) is 21.2 Å². The predicted molar refractivity (Wildman–Crippen MR) is 116 cm³/mol. The van der Waals surface area contributed by atoms with E-state index in [1.165, 1.54) is 11.3 Å². The fourth-order valence-electron chi connectivity index (χ4n) is 4.06. The molecule has 8 heteroatoms. The molecule has 30 heavy (non-hydrogen) atoms. The van der Waals surface area contributed by atoms with E-state index in [9.17, 15) is 4.79 Å². The zero-order valence-electron chi connectivity index (χ0n) is 15.6. The predicted octanol–water partition coefficient (Wildman–Crippen LogP) is 5.21. The van der Waals surface area contributed by atoms with Crippen molar-refractivity contribution in [3.63, 3.8) is 0 Å². The Morgan fingerprint density at radius 3 is 2.90 bits per heavy atom. The van der Waals surface area contributed by atoms with Gasteiger partial charge in [0.25, 0.3) is 5.91 Å². The number of aromatic nitrogens is 3. The molecule has 1 atom stereocenters. The summed E-state index contributed by atoms with van der Waals surface area (Å²) in [7, 11) is 0. The van der Waals surface area contributed by atoms with Gasteiger partial charge in [0.05, 0.1) is 27.3 Å². The summed E-state index contributed by atoms with van der Waals surface area (Å²) in [6.07, 6.45) is 2.33. The van der Waals surface area contributed by atoms with Crippen molar-refractivity contribution in [1.29, 1.82) is 0 Å². The molecule has 0 bridgehead atoms. The highest BCUT2D eigenvalue weighted by molar-refractivity contribution is 7.20. The number of H-pyrrole nitrogens is 1. The van der Waals surface area contributed by atoms with Gasteiger partial charge in [0.1, 0.15) is 11.6 Å². The van der Waals surface area contributed by atoms with E-state index < -0.39 is 6.04 Å². The molecular weight excluding hydrogens is 420 g/mol. The number of para-hydroxylation sites is 2. The minimum absolute atomic E-state index is 0.147. The molecule has 0 fully saturated rings. The number of thiazole rings is 1. The van der Waals surface area contributed by atoms with Gasteiger partial charge < -0.3 is 14.3 Å². The van der Waals surface area contributed by atoms with Crippen LogP contribution in [0.15, 0.2) is 59.3 Å². The molecule has 1 aliphatic heterocycles. The molecule has 1 aliphatic rings. The average Bonchev–Trinajstić information content (AvgIpc) is 3.49. The quantitative estimate of drug-likeness (QED) is 0.414. The van der Waals surface area contributed by atoms with Gasteiger partial charge in [0.2, 0.25) is 0 Å². The number of hydrogen-bond acceptors (Lipinski definition) is 5. The topological polar surface area (TPSA) is 75.0 Å². The van der Waals surface area contributed by atoms with Gasteiger partial charge >= 0.3 is 0 Å². The number of imidazole rings is 1. The number of nitrogens with zero attached hydrogens (tertiary/aromatic N) is 3. The molecular formula is C22H15ClN4O2S. The number of benzene rings is 2. The Labute approximate surface area is 180 Å². The number of rotatable bonds is 2. The first kappa shape index (κ1) is 17.7. The van der Waals surface area contributed by atoms with Crippen LogP contribution in [0.5, 0.6) is 0 Å². The second kappa shape index (κ2) is 6.68. The standard InChI is InChI=1S/C22H15ClN4O2S/c23-17-12-5-1-3-7-15(12)29-20(17)19-18-14(24-11-25-18)9-10-27(19)22(28)21-26-13-6-2-4-8-16(13)30-21/h1-8,11,19H,9-10H2,(H,24,25)/t19-/m0/s1. The molecule has 6 rings (SSSR count). The molecule has 0 spiro atoms. The van der Waals surface area contributed by atoms with Crippen molar-refractivity contribution in [3.05, 3.63) is 82.0 Å². The lowest BCUT2D eigenvalue weighted by Gasteiger charge is -2.33. The maximum atomic E-state index is 13.6. The van der Waals surface area contributed by atoms with Crippen LogP contribution < -0.4 is 0 Å². The lowest BCUT2D eigenvalue weighted by atomic mass is 10.00. The number of amides is 1. The normalized spacial score (nSPS) is 16.3. The van der Waals surface area contributed by atoms with Crippen molar-refractivity contribution >= 4 is 50.0 Å². The molecule has 3 aromatic heterocycles. The smallest absolute Gasteiger partial charge is 0.283 e. The van der Waals surface area contributed by atoms with Gasteiger partial charge in [-0.05, 0) is 24.3 Å². The van der Waals surface area contributed by atoms with Gasteiger partial charge in [-0.25, -0.2) is 9.97 Å². The SMILES string of the molecule is O=C(c1nc2ccccc2s1)N1CCc2[nH]cnc2[C@H]1c1oc2ccccc2c1Cl. The molecule has 2 aromatic carbocycles. The van der Waals surface area contributed by atoms with Crippen LogP contribution in [-0.2, 0) is 6.42 Å². The molecule has 0 saturated heterocycles. The Morgan fingerprint density at radius 1 is 1.20 bits per heavy atom. The van der Waals surface area contributed by atoms with E-state index in [1.54, 1.807) is 11.2 Å². The van der Waals surface area contributed by atoms with Crippen LogP contribution in [0.1, 0.15) is 33.0 Å². The number of nitrogens with one attached hydrogen (secondary N) is 1. The zero-order chi connectivity index (χ0) is 20.2. The second-order valence-electron chi connectivity index (χ2n) is 7.18. The van der Waals surface area contributed by atoms with Crippen molar-refractivity contribution in [1.82, 2.24) is 19.9 Å². The van der Waals surface area contributed by atoms with E-state index in [2.05, 4.69) is 15.0 Å². The highest BCUT2D eigenvalue weighted by Crippen LogP contribution is 2.42. The minimum Gasteiger partial charge on any atom is -0.457 e. The van der Waals surface area contributed by atoms with Crippen molar-refractivity contribution in [2.24, 2.45) is 0 Å². The van der Waals surface area contributed by atoms with Crippen molar-refractivity contribution < 1.29 is 9.21 Å². The van der Waals surface area contributed by atoms with Gasteiger partial charge in [0.15, 0.2) is 10.8 Å². The van der Waals surface area contributed by atoms with Crippen molar-refractivity contribution in [3.8, 4) is 0 Å². The fraction of sp³-hybridized carbons (Fsp3) is 0.136. The number of halogens is 1. The van der Waals surface area contributed by atoms with Crippen LogP contribution in [0.2, 0.25) is 5.02 Å². The van der Waals surface area contributed by atoms with Gasteiger partial charge in [0, 0.05) is 24.0 Å². The lowest BCUT2D eigenvalue weighted by Crippen LogP contribution is -2.40. The Balaban J connectivity index is 1.50. The highest BCUT2D eigenvalue weighted by Gasteiger charge is 2.39. The molecule has 0 aliphatic carbocycles. The first-order chi connectivity index (χ1) is 14.7. The van der Waals surface area contributed by atoms with E-state index >= 15 is 0 Å². The van der Waals surface area contributed by atoms with Gasteiger partial charge in [-0.15, -0.1) is 11.3 Å². The molecule has 0 radical (unpaired) electrons. The maximum absolute atomic E-state index is 13.6. The summed E-state index contributed by atoms with van der Waals surface area (Å²) in [5.41, 5.74) is 3.26. The first-order valence-electron chi connectivity index (χ1n) is 9.56. The molecule has 5 aromatic rings. The number of hydrogen-bond donors (Lipinski definition) is 1. The monoisotopic (exact) mass is 434 g/mol. The summed E-state index contributed by atoms with van der Waals surface area (Å²) in [4.78, 5) is 27.6. The average molecular weight is 435 g/mol. The molecule has 1 amide bonds. The van der Waals surface area contributed by atoms with E-state index in [-0.39, 0.29) is 5.91 Å². The summed E-state index contributed by atoms with van der Waals surface area (Å²) in [6, 6.07) is 14.8. The van der Waals surface area contributed by atoms with Crippen molar-refractivity contribution in [2.45, 2.75) is 12.5 Å². The molecule has 6 nitrogen and oxygen atoms in total. The largest absolute Gasteiger partial charge is 0.457 e. The highest BCUT2D eigenvalue weighted by atomic mass is 35.5. The summed E-state index contributed by atoms with van der Waals surface area (Å²) < 4.78 is 7.13. The van der Waals surface area contributed by atoms with Crippen LogP contribution in [0.3, 0.4) is 0 Å². The minimum atomic E-state index is -0.514. The Hall–Kier alpha value is -3.16. The maximum Gasteiger partial charge on any atom is 0.283 e. The van der Waals surface area contributed by atoms with Gasteiger partial charge in [-0.2, -0.15) is 0 Å². The summed E-state index contributed by atoms with van der Waals surface area (Å²) >= 11 is 8.12. The van der Waals surface area contributed by atoms with Crippen LogP contribution >= 0.6 is 22.9 Å². The number of carbonyl (C=O) groups is 1. The Morgan fingerprint density at radius 2 is 2.03 bits per heavy atom. The molecule has 1 N–H and O–H groups in total. The number of aromatic amines is 1. The number of fused-ring (bicyclic) bond motifs is 3. The molecule has 4 heterocycles. The summed E-state index contributed by atoms with van der Waals surface area (Å²) in [6.45, 7) is 0.516. The number of furan rings is 1. The summed E-state index contributed by atoms with van der Waals surface area (Å²) in [5, 5.41) is 1.78. The van der Waals surface area contributed by atoms with E-state index in [4.69, 9.17) is 16.0 Å². The van der Waals surface area contributed by atoms with E-state index in [0.717, 1.165) is 27.0 Å². The lowest BCUT2D eigenvalue weighted by molar-refractivity contribution is 0.0673. The van der Waals surface area contributed by atoms with Crippen LogP contribution in [0, 0.1) is 0 Å². The third-order valence-corrected chi connectivity index (χ3v) is 6.89. The molecule has 0 saturated carbocycles. The third-order valence-electron chi connectivity index (χ3n) is 5.47. The van der Waals surface area contributed by atoms with Gasteiger partial charge in [-0.1, -0.05) is 35.9 Å². The first-order valence-corrected chi connectivity index (χ1v) is 10.8. The van der Waals surface area contributed by atoms with E-state index in [1.807, 2.05) is 48.5 Å². The molecule has 148 valence electrons. The van der Waals surface area contributed by atoms with Gasteiger partial charge in [-0.3, -0.25) is 4.79 Å². The summed E-state index contributed by atoms with van der Waals surface area (Å²) in [5.74, 6) is 0.381. The zero-order valence-corrected chi connectivity index (χ0v) is 17.2. The number of carbonyl (C=O) groups excluding carboxylic acids is 1. The van der Waals surface area contributed by atoms with Crippen LogP contribution in [0.4, 0.5) is 0 Å². The van der Waals surface area contributed by atoms with Crippen LogP contribution in [-0.4, -0.2) is 32.3 Å². The Bertz CT molecular complexity index is 1390. The molecule has 0 unspecified atom stereocenters. The Kier molecular flexibility index (Phi) is 3.94. The second-order valence-corrected chi connectivity index (χ2v) is 8.59.